The number of aromatic nitrogens is 1. The molecule has 0 saturated heterocycles. The maximum Gasteiger partial charge on any atom is 0.222 e. The molecule has 0 bridgehead atoms. The summed E-state index contributed by atoms with van der Waals surface area (Å²) in [5.74, 6) is -0.276. The predicted molar refractivity (Wildman–Crippen MR) is 115 cm³/mol. The molecule has 27 heavy (non-hydrogen) atoms. The summed E-state index contributed by atoms with van der Waals surface area (Å²) in [6.07, 6.45) is 9.34. The third-order valence-electron chi connectivity index (χ3n) is 5.01. The molecule has 1 N–H and O–H groups in total. The van der Waals surface area contributed by atoms with Crippen LogP contribution in [0.4, 0.5) is 4.39 Å². The van der Waals surface area contributed by atoms with Crippen LogP contribution in [0.25, 0.3) is 0 Å². The van der Waals surface area contributed by atoms with Gasteiger partial charge in [-0.1, -0.05) is 47.6 Å². The number of hydrogen-bond donors (Lipinski definition) is 1. The summed E-state index contributed by atoms with van der Waals surface area (Å²) in [7, 11) is 0. The second-order valence-corrected chi connectivity index (χ2v) is 8.16. The number of nitrogens with zero attached hydrogens (tertiary/aromatic N) is 2. The highest BCUT2D eigenvalue weighted by atomic mass is 127. The van der Waals surface area contributed by atoms with Crippen LogP contribution in [0.2, 0.25) is 0 Å². The highest BCUT2D eigenvalue weighted by molar-refractivity contribution is 14.1. The Hall–Kier alpha value is -2.02. The van der Waals surface area contributed by atoms with Crippen molar-refractivity contribution in [1.82, 2.24) is 4.98 Å². The smallest absolute Gasteiger partial charge is 0.222 e. The second-order valence-electron chi connectivity index (χ2n) is 6.91. The molecule has 2 aromatic rings. The molecule has 1 aromatic carbocycles. The van der Waals surface area contributed by atoms with Crippen LogP contribution < -0.4 is 0 Å². The second kappa shape index (κ2) is 8.78. The standard InChI is InChI=1S/C22H22FIN2O/c1-14-11-20(22(23)25-13-14)21(26-27)12-19(16-7-9-17(24)10-8-16)18-6-4-3-5-15(18)2/h3-7,9-11,13,16,19,27H,8,12H2,1-2H3/b26-21+. The summed E-state index contributed by atoms with van der Waals surface area (Å²) in [5.41, 5.74) is 3.80. The maximum absolute atomic E-state index is 14.3. The number of pyridine rings is 1. The Morgan fingerprint density at radius 3 is 2.81 bits per heavy atom. The van der Waals surface area contributed by atoms with E-state index >= 15 is 0 Å². The molecule has 2 unspecified atom stereocenters. The summed E-state index contributed by atoms with van der Waals surface area (Å²) in [4.78, 5) is 3.78. The molecule has 2 atom stereocenters. The van der Waals surface area contributed by atoms with Gasteiger partial charge in [0.25, 0.3) is 0 Å². The monoisotopic (exact) mass is 476 g/mol. The minimum Gasteiger partial charge on any atom is -0.411 e. The van der Waals surface area contributed by atoms with Crippen LogP contribution in [-0.4, -0.2) is 15.9 Å². The van der Waals surface area contributed by atoms with Gasteiger partial charge >= 0.3 is 0 Å². The van der Waals surface area contributed by atoms with Crippen molar-refractivity contribution >= 4 is 28.3 Å². The maximum atomic E-state index is 14.3. The van der Waals surface area contributed by atoms with E-state index in [9.17, 15) is 9.60 Å². The molecule has 1 aromatic heterocycles. The number of benzene rings is 1. The van der Waals surface area contributed by atoms with Gasteiger partial charge in [-0.2, -0.15) is 4.39 Å². The zero-order valence-corrected chi connectivity index (χ0v) is 17.5. The lowest BCUT2D eigenvalue weighted by molar-refractivity contribution is 0.316. The predicted octanol–water partition coefficient (Wildman–Crippen LogP) is 6.08. The van der Waals surface area contributed by atoms with E-state index in [0.29, 0.717) is 12.1 Å². The molecule has 0 spiro atoms. The van der Waals surface area contributed by atoms with Crippen LogP contribution >= 0.6 is 22.6 Å². The van der Waals surface area contributed by atoms with Crippen molar-refractivity contribution in [2.75, 3.05) is 0 Å². The van der Waals surface area contributed by atoms with Gasteiger partial charge in [0, 0.05) is 16.2 Å². The molecule has 0 aliphatic heterocycles. The third kappa shape index (κ3) is 4.64. The minimum absolute atomic E-state index is 0.0778. The Morgan fingerprint density at radius 1 is 1.37 bits per heavy atom. The van der Waals surface area contributed by atoms with Crippen molar-refractivity contribution in [1.29, 1.82) is 0 Å². The number of oxime groups is 1. The zero-order chi connectivity index (χ0) is 19.4. The van der Waals surface area contributed by atoms with Gasteiger partial charge in [-0.05, 0) is 77.5 Å². The van der Waals surface area contributed by atoms with E-state index in [-0.39, 0.29) is 17.4 Å². The fourth-order valence-electron chi connectivity index (χ4n) is 3.57. The van der Waals surface area contributed by atoms with Gasteiger partial charge in [0.05, 0.1) is 11.3 Å². The zero-order valence-electron chi connectivity index (χ0n) is 15.4. The van der Waals surface area contributed by atoms with Crippen LogP contribution in [0.5, 0.6) is 0 Å². The first-order chi connectivity index (χ1) is 13.0. The van der Waals surface area contributed by atoms with E-state index in [2.05, 4.69) is 70.0 Å². The molecule has 1 heterocycles. The Labute approximate surface area is 172 Å². The first kappa shape index (κ1) is 19.7. The lowest BCUT2D eigenvalue weighted by Gasteiger charge is -2.28. The molecular formula is C22H22FIN2O. The van der Waals surface area contributed by atoms with Crippen LogP contribution in [0, 0.1) is 25.7 Å². The van der Waals surface area contributed by atoms with Crippen molar-refractivity contribution in [3.8, 4) is 0 Å². The topological polar surface area (TPSA) is 45.5 Å². The molecule has 1 aliphatic rings. The molecule has 0 saturated carbocycles. The van der Waals surface area contributed by atoms with Crippen molar-refractivity contribution in [3.63, 3.8) is 0 Å². The van der Waals surface area contributed by atoms with Gasteiger partial charge in [0.15, 0.2) is 0 Å². The van der Waals surface area contributed by atoms with Crippen LogP contribution in [0.1, 0.15) is 41.0 Å². The Morgan fingerprint density at radius 2 is 2.15 bits per heavy atom. The quantitative estimate of drug-likeness (QED) is 0.187. The van der Waals surface area contributed by atoms with Crippen molar-refractivity contribution in [2.45, 2.75) is 32.6 Å². The molecule has 0 fully saturated rings. The average Bonchev–Trinajstić information content (AvgIpc) is 2.67. The summed E-state index contributed by atoms with van der Waals surface area (Å²) in [6, 6.07) is 9.91. The Kier molecular flexibility index (Phi) is 6.42. The molecule has 140 valence electrons. The number of rotatable bonds is 5. The van der Waals surface area contributed by atoms with Gasteiger partial charge in [0.2, 0.25) is 5.95 Å². The average molecular weight is 476 g/mol. The van der Waals surface area contributed by atoms with Crippen molar-refractivity contribution in [3.05, 3.63) is 86.5 Å². The lowest BCUT2D eigenvalue weighted by atomic mass is 9.77. The van der Waals surface area contributed by atoms with E-state index in [1.165, 1.54) is 20.9 Å². The van der Waals surface area contributed by atoms with Gasteiger partial charge in [-0.3, -0.25) is 0 Å². The first-order valence-electron chi connectivity index (χ1n) is 8.92. The van der Waals surface area contributed by atoms with Crippen LogP contribution in [-0.2, 0) is 0 Å². The molecule has 1 aliphatic carbocycles. The van der Waals surface area contributed by atoms with Gasteiger partial charge < -0.3 is 5.21 Å². The highest BCUT2D eigenvalue weighted by Gasteiger charge is 2.27. The van der Waals surface area contributed by atoms with Gasteiger partial charge in [0.1, 0.15) is 0 Å². The Bertz CT molecular complexity index is 920. The van der Waals surface area contributed by atoms with Gasteiger partial charge in [-0.25, -0.2) is 4.98 Å². The SMILES string of the molecule is Cc1cnc(F)c(/C(CC(c2ccccc2C)C2C=CC(I)=CC2)=N/O)c1. The normalized spacial score (nSPS) is 18.3. The number of aryl methyl sites for hydroxylation is 2. The fourth-order valence-corrected chi connectivity index (χ4v) is 4.03. The molecule has 3 nitrogen and oxygen atoms in total. The summed E-state index contributed by atoms with van der Waals surface area (Å²) in [6.45, 7) is 3.93. The third-order valence-corrected chi connectivity index (χ3v) is 5.81. The number of allylic oxidation sites excluding steroid dienone is 4. The Balaban J connectivity index is 1.99. The van der Waals surface area contributed by atoms with Crippen LogP contribution in [0.3, 0.4) is 0 Å². The molecule has 3 rings (SSSR count). The summed E-state index contributed by atoms with van der Waals surface area (Å²) in [5, 5.41) is 13.1. The van der Waals surface area contributed by atoms with Gasteiger partial charge in [-0.15, -0.1) is 0 Å². The molecule has 0 amide bonds. The molecule has 5 heteroatoms. The lowest BCUT2D eigenvalue weighted by Crippen LogP contribution is -2.19. The molecular weight excluding hydrogens is 454 g/mol. The minimum atomic E-state index is -0.606. The van der Waals surface area contributed by atoms with E-state index in [0.717, 1.165) is 12.0 Å². The summed E-state index contributed by atoms with van der Waals surface area (Å²) >= 11 is 2.31. The van der Waals surface area contributed by atoms with E-state index < -0.39 is 5.95 Å². The first-order valence-corrected chi connectivity index (χ1v) is 10.00. The molecule has 0 radical (unpaired) electrons. The summed E-state index contributed by atoms with van der Waals surface area (Å²) < 4.78 is 15.5. The van der Waals surface area contributed by atoms with E-state index in [4.69, 9.17) is 0 Å². The van der Waals surface area contributed by atoms with Crippen molar-refractivity contribution < 1.29 is 9.60 Å². The van der Waals surface area contributed by atoms with Crippen LogP contribution in [0.15, 0.2) is 63.5 Å². The van der Waals surface area contributed by atoms with E-state index in [1.807, 2.05) is 19.1 Å². The highest BCUT2D eigenvalue weighted by Crippen LogP contribution is 2.37. The number of hydrogen-bond acceptors (Lipinski definition) is 3. The number of halogens is 2. The largest absolute Gasteiger partial charge is 0.411 e. The fraction of sp³-hybridized carbons (Fsp3) is 0.273. The van der Waals surface area contributed by atoms with Crippen molar-refractivity contribution in [2.24, 2.45) is 11.1 Å². The van der Waals surface area contributed by atoms with E-state index in [1.54, 1.807) is 6.07 Å².